The summed E-state index contributed by atoms with van der Waals surface area (Å²) < 4.78 is 7.12. The number of esters is 1. The lowest BCUT2D eigenvalue weighted by Gasteiger charge is -2.31. The van der Waals surface area contributed by atoms with Crippen LogP contribution < -0.4 is 0 Å². The van der Waals surface area contributed by atoms with Crippen LogP contribution in [0.4, 0.5) is 0 Å². The van der Waals surface area contributed by atoms with E-state index in [1.807, 2.05) is 47.9 Å². The Bertz CT molecular complexity index is 1010. The topological polar surface area (TPSA) is 63.9 Å². The summed E-state index contributed by atoms with van der Waals surface area (Å²) in [4.78, 5) is 33.1. The van der Waals surface area contributed by atoms with Gasteiger partial charge in [0.1, 0.15) is 4.88 Å². The van der Waals surface area contributed by atoms with E-state index in [2.05, 4.69) is 0 Å². The number of likely N-dealkylation sites (tertiary alicyclic amines) is 1. The zero-order valence-electron chi connectivity index (χ0n) is 16.1. The third kappa shape index (κ3) is 3.42. The number of aromatic nitrogens is 2. The lowest BCUT2D eigenvalue weighted by molar-refractivity contribution is -0.149. The van der Waals surface area contributed by atoms with Crippen LogP contribution in [0.15, 0.2) is 36.5 Å². The molecule has 7 heteroatoms. The molecule has 0 saturated carbocycles. The van der Waals surface area contributed by atoms with Gasteiger partial charge in [-0.15, -0.1) is 0 Å². The van der Waals surface area contributed by atoms with Crippen LogP contribution in [0.25, 0.3) is 16.2 Å². The van der Waals surface area contributed by atoms with Crippen LogP contribution >= 0.6 is 11.3 Å². The van der Waals surface area contributed by atoms with Gasteiger partial charge in [0, 0.05) is 30.5 Å². The Morgan fingerprint density at radius 3 is 2.79 bits per heavy atom. The second-order valence-corrected chi connectivity index (χ2v) is 7.98. The number of thiazole rings is 1. The molecular weight excluding hydrogens is 374 g/mol. The summed E-state index contributed by atoms with van der Waals surface area (Å²) in [6.07, 6.45) is 3.57. The number of ether oxygens (including phenoxy) is 1. The van der Waals surface area contributed by atoms with Crippen molar-refractivity contribution in [3.63, 3.8) is 0 Å². The molecular formula is C21H23N3O3S. The summed E-state index contributed by atoms with van der Waals surface area (Å²) in [7, 11) is 0. The first-order valence-electron chi connectivity index (χ1n) is 9.58. The summed E-state index contributed by atoms with van der Waals surface area (Å²) in [5.41, 5.74) is 2.84. The number of carbonyl (C=O) groups is 2. The first-order valence-corrected chi connectivity index (χ1v) is 10.4. The molecule has 1 saturated heterocycles. The van der Waals surface area contributed by atoms with E-state index in [1.54, 1.807) is 11.8 Å². The molecule has 0 aliphatic carbocycles. The highest BCUT2D eigenvalue weighted by atomic mass is 32.1. The van der Waals surface area contributed by atoms with Crippen LogP contribution in [-0.2, 0) is 9.53 Å². The Morgan fingerprint density at radius 2 is 2.07 bits per heavy atom. The number of amides is 1. The first-order chi connectivity index (χ1) is 13.6. The van der Waals surface area contributed by atoms with Gasteiger partial charge in [-0.05, 0) is 26.7 Å². The molecule has 0 radical (unpaired) electrons. The molecule has 1 aliphatic rings. The van der Waals surface area contributed by atoms with Gasteiger partial charge in [0.05, 0.1) is 18.2 Å². The number of aryl methyl sites for hydroxylation is 1. The summed E-state index contributed by atoms with van der Waals surface area (Å²) in [5, 5.41) is 0. The maximum Gasteiger partial charge on any atom is 0.310 e. The fraction of sp³-hybridized carbons (Fsp3) is 0.381. The monoisotopic (exact) mass is 397 g/mol. The van der Waals surface area contributed by atoms with Gasteiger partial charge in [-0.3, -0.25) is 14.0 Å². The van der Waals surface area contributed by atoms with Crippen molar-refractivity contribution in [1.82, 2.24) is 14.3 Å². The lowest BCUT2D eigenvalue weighted by atomic mass is 9.98. The Hall–Kier alpha value is -2.67. The summed E-state index contributed by atoms with van der Waals surface area (Å²) in [5.74, 6) is -0.458. The minimum atomic E-state index is -0.230. The second kappa shape index (κ2) is 7.75. The molecule has 3 heterocycles. The minimum absolute atomic E-state index is 0.0248. The van der Waals surface area contributed by atoms with Crippen LogP contribution in [0.1, 0.15) is 35.1 Å². The molecule has 0 unspecified atom stereocenters. The molecule has 1 fully saturated rings. The van der Waals surface area contributed by atoms with Gasteiger partial charge in [-0.25, -0.2) is 4.98 Å². The highest BCUT2D eigenvalue weighted by molar-refractivity contribution is 7.19. The number of hydrogen-bond acceptors (Lipinski definition) is 5. The van der Waals surface area contributed by atoms with E-state index in [4.69, 9.17) is 9.72 Å². The van der Waals surface area contributed by atoms with E-state index >= 15 is 0 Å². The Kier molecular flexibility index (Phi) is 5.17. The number of nitrogens with zero attached hydrogens (tertiary/aromatic N) is 3. The molecule has 146 valence electrons. The Labute approximate surface area is 167 Å². The number of fused-ring (bicyclic) bond motifs is 1. The van der Waals surface area contributed by atoms with E-state index < -0.39 is 0 Å². The highest BCUT2D eigenvalue weighted by Gasteiger charge is 2.31. The van der Waals surface area contributed by atoms with Crippen molar-refractivity contribution >= 4 is 28.2 Å². The SMILES string of the molecule is CCOC(=O)[C@@H]1CCCN(C(=O)c2sc3nc(-c4ccccc4)cn3c2C)C1. The van der Waals surface area contributed by atoms with Gasteiger partial charge in [0.25, 0.3) is 5.91 Å². The smallest absolute Gasteiger partial charge is 0.310 e. The third-order valence-electron chi connectivity index (χ3n) is 5.15. The van der Waals surface area contributed by atoms with Gasteiger partial charge in [-0.2, -0.15) is 0 Å². The number of hydrogen-bond donors (Lipinski definition) is 0. The predicted octanol–water partition coefficient (Wildman–Crippen LogP) is 3.79. The molecule has 6 nitrogen and oxygen atoms in total. The normalized spacial score (nSPS) is 17.1. The van der Waals surface area contributed by atoms with Crippen LogP contribution in [0.2, 0.25) is 0 Å². The molecule has 0 N–H and O–H groups in total. The number of rotatable bonds is 4. The standard InChI is InChI=1S/C21H23N3O3S/c1-3-27-20(26)16-10-7-11-23(12-16)19(25)18-14(2)24-13-17(22-21(24)28-18)15-8-5-4-6-9-15/h4-6,8-9,13,16H,3,7,10-12H2,1-2H3/t16-/m1/s1. The van der Waals surface area contributed by atoms with Crippen LogP contribution in [0.5, 0.6) is 0 Å². The number of carbonyl (C=O) groups excluding carboxylic acids is 2. The summed E-state index contributed by atoms with van der Waals surface area (Å²) in [6.45, 7) is 5.21. The molecule has 1 aromatic carbocycles. The Morgan fingerprint density at radius 1 is 1.29 bits per heavy atom. The van der Waals surface area contributed by atoms with Crippen molar-refractivity contribution in [3.8, 4) is 11.3 Å². The van der Waals surface area contributed by atoms with Crippen molar-refractivity contribution in [3.05, 3.63) is 47.1 Å². The van der Waals surface area contributed by atoms with E-state index in [0.29, 0.717) is 24.6 Å². The summed E-state index contributed by atoms with van der Waals surface area (Å²) in [6, 6.07) is 10.0. The number of piperidine rings is 1. The lowest BCUT2D eigenvalue weighted by Crippen LogP contribution is -2.42. The molecule has 0 spiro atoms. The van der Waals surface area contributed by atoms with E-state index in [-0.39, 0.29) is 17.8 Å². The van der Waals surface area contributed by atoms with E-state index in [1.165, 1.54) is 11.3 Å². The van der Waals surface area contributed by atoms with Gasteiger partial charge in [0.15, 0.2) is 4.96 Å². The predicted molar refractivity (Wildman–Crippen MR) is 109 cm³/mol. The molecule has 28 heavy (non-hydrogen) atoms. The fourth-order valence-electron chi connectivity index (χ4n) is 3.65. The molecule has 1 amide bonds. The molecule has 4 rings (SSSR count). The van der Waals surface area contributed by atoms with Crippen LogP contribution in [-0.4, -0.2) is 45.9 Å². The average molecular weight is 398 g/mol. The largest absolute Gasteiger partial charge is 0.466 e. The third-order valence-corrected chi connectivity index (χ3v) is 6.29. The molecule has 3 aromatic rings. The van der Waals surface area contributed by atoms with Gasteiger partial charge < -0.3 is 9.64 Å². The molecule has 0 bridgehead atoms. The summed E-state index contributed by atoms with van der Waals surface area (Å²) >= 11 is 1.41. The van der Waals surface area contributed by atoms with E-state index in [0.717, 1.165) is 34.8 Å². The van der Waals surface area contributed by atoms with E-state index in [9.17, 15) is 9.59 Å². The zero-order chi connectivity index (χ0) is 19.7. The van der Waals surface area contributed by atoms with Crippen molar-refractivity contribution in [1.29, 1.82) is 0 Å². The van der Waals surface area contributed by atoms with Crippen molar-refractivity contribution in [2.45, 2.75) is 26.7 Å². The van der Waals surface area contributed by atoms with Crippen molar-refractivity contribution in [2.75, 3.05) is 19.7 Å². The van der Waals surface area contributed by atoms with Crippen molar-refractivity contribution in [2.24, 2.45) is 5.92 Å². The first kappa shape index (κ1) is 18.7. The van der Waals surface area contributed by atoms with Crippen molar-refractivity contribution < 1.29 is 14.3 Å². The molecule has 1 atom stereocenters. The maximum atomic E-state index is 13.1. The minimum Gasteiger partial charge on any atom is -0.466 e. The fourth-order valence-corrected chi connectivity index (χ4v) is 4.73. The Balaban J connectivity index is 1.57. The molecule has 2 aromatic heterocycles. The second-order valence-electron chi connectivity index (χ2n) is 7.00. The van der Waals surface area contributed by atoms with Crippen LogP contribution in [0.3, 0.4) is 0 Å². The zero-order valence-corrected chi connectivity index (χ0v) is 16.9. The van der Waals surface area contributed by atoms with Gasteiger partial charge in [-0.1, -0.05) is 41.7 Å². The van der Waals surface area contributed by atoms with Gasteiger partial charge >= 0.3 is 5.97 Å². The molecule has 1 aliphatic heterocycles. The quantitative estimate of drug-likeness (QED) is 0.629. The van der Waals surface area contributed by atoms with Gasteiger partial charge in [0.2, 0.25) is 0 Å². The van der Waals surface area contributed by atoms with Crippen LogP contribution in [0, 0.1) is 12.8 Å². The number of benzene rings is 1. The highest BCUT2D eigenvalue weighted by Crippen LogP contribution is 2.29. The number of imidazole rings is 1. The maximum absolute atomic E-state index is 13.1. The average Bonchev–Trinajstić information content (AvgIpc) is 3.28.